The maximum Gasteiger partial charge on any atom is 0.227 e. The molecule has 3 heterocycles. The number of hydrogen-bond donors (Lipinski definition) is 0. The maximum atomic E-state index is 13.2. The van der Waals surface area contributed by atoms with Gasteiger partial charge in [-0.25, -0.2) is 0 Å². The minimum absolute atomic E-state index is 0.0363. The highest BCUT2D eigenvalue weighted by molar-refractivity contribution is 6.01. The molecule has 6 heteroatoms. The number of ether oxygens (including phenoxy) is 1. The average Bonchev–Trinajstić information content (AvgIpc) is 3.14. The van der Waals surface area contributed by atoms with Crippen molar-refractivity contribution >= 4 is 17.6 Å². The molecule has 0 saturated carbocycles. The van der Waals surface area contributed by atoms with E-state index in [1.54, 1.807) is 4.90 Å². The number of nitrogens with zero attached hydrogens (tertiary/aromatic N) is 2. The number of benzene rings is 2. The van der Waals surface area contributed by atoms with Gasteiger partial charge in [0, 0.05) is 45.4 Å². The molecular weight excluding hydrogens is 416 g/mol. The van der Waals surface area contributed by atoms with Crippen LogP contribution in [0.15, 0.2) is 42.5 Å². The number of hydrogen-bond acceptors (Lipinski definition) is 4. The van der Waals surface area contributed by atoms with Gasteiger partial charge in [-0.2, -0.15) is 0 Å². The highest BCUT2D eigenvalue weighted by Crippen LogP contribution is 2.41. The van der Waals surface area contributed by atoms with E-state index in [0.717, 1.165) is 16.7 Å². The predicted molar refractivity (Wildman–Crippen MR) is 124 cm³/mol. The van der Waals surface area contributed by atoms with Gasteiger partial charge in [0.1, 0.15) is 11.4 Å². The van der Waals surface area contributed by atoms with Crippen LogP contribution in [-0.4, -0.2) is 52.6 Å². The van der Waals surface area contributed by atoms with Crippen LogP contribution in [0.25, 0.3) is 0 Å². The molecule has 2 amide bonds. The second-order valence-corrected chi connectivity index (χ2v) is 9.83. The summed E-state index contributed by atoms with van der Waals surface area (Å²) in [5.74, 6) is 0.598. The van der Waals surface area contributed by atoms with Gasteiger partial charge in [0.05, 0.1) is 17.9 Å². The van der Waals surface area contributed by atoms with Gasteiger partial charge in [-0.3, -0.25) is 14.4 Å². The van der Waals surface area contributed by atoms with E-state index < -0.39 is 5.60 Å². The quantitative estimate of drug-likeness (QED) is 0.722. The molecule has 2 fully saturated rings. The molecule has 1 unspecified atom stereocenters. The lowest BCUT2D eigenvalue weighted by Gasteiger charge is -2.44. The number of amides is 2. The third kappa shape index (κ3) is 4.14. The van der Waals surface area contributed by atoms with Crippen LogP contribution in [0.4, 0.5) is 0 Å². The Hall–Kier alpha value is -3.15. The summed E-state index contributed by atoms with van der Waals surface area (Å²) in [5, 5.41) is 0. The number of carbonyl (C=O) groups excluding carboxylic acids is 3. The van der Waals surface area contributed by atoms with Gasteiger partial charge in [0.25, 0.3) is 0 Å². The topological polar surface area (TPSA) is 66.9 Å². The molecule has 1 atom stereocenters. The molecule has 2 aromatic carbocycles. The Balaban J connectivity index is 1.22. The molecule has 3 aliphatic rings. The van der Waals surface area contributed by atoms with Crippen molar-refractivity contribution in [3.63, 3.8) is 0 Å². The van der Waals surface area contributed by atoms with Crippen LogP contribution in [0.3, 0.4) is 0 Å². The first-order valence-electron chi connectivity index (χ1n) is 11.8. The lowest BCUT2D eigenvalue weighted by atomic mass is 9.81. The van der Waals surface area contributed by atoms with Gasteiger partial charge in [0.2, 0.25) is 11.8 Å². The second kappa shape index (κ2) is 8.32. The fraction of sp³-hybridized carbons (Fsp3) is 0.444. The molecule has 3 aliphatic heterocycles. The summed E-state index contributed by atoms with van der Waals surface area (Å²) in [6.07, 6.45) is 1.89. The summed E-state index contributed by atoms with van der Waals surface area (Å²) < 4.78 is 6.43. The average molecular weight is 447 g/mol. The van der Waals surface area contributed by atoms with Crippen LogP contribution in [0.5, 0.6) is 5.75 Å². The van der Waals surface area contributed by atoms with Crippen LogP contribution < -0.4 is 4.74 Å². The molecule has 0 radical (unpaired) electrons. The van der Waals surface area contributed by atoms with E-state index in [1.807, 2.05) is 61.2 Å². The van der Waals surface area contributed by atoms with E-state index in [0.29, 0.717) is 56.8 Å². The molecule has 1 spiro atoms. The predicted octanol–water partition coefficient (Wildman–Crippen LogP) is 3.68. The van der Waals surface area contributed by atoms with Crippen molar-refractivity contribution in [2.24, 2.45) is 5.92 Å². The number of aryl methyl sites for hydroxylation is 2. The first-order valence-corrected chi connectivity index (χ1v) is 11.8. The fourth-order valence-electron chi connectivity index (χ4n) is 5.58. The van der Waals surface area contributed by atoms with Crippen LogP contribution in [0.1, 0.15) is 52.7 Å². The van der Waals surface area contributed by atoms with E-state index in [1.165, 1.54) is 0 Å². The molecule has 33 heavy (non-hydrogen) atoms. The van der Waals surface area contributed by atoms with Gasteiger partial charge >= 0.3 is 0 Å². The summed E-state index contributed by atoms with van der Waals surface area (Å²) in [6.45, 7) is 6.07. The fourth-order valence-corrected chi connectivity index (χ4v) is 5.58. The molecular formula is C27H30N2O4. The summed E-state index contributed by atoms with van der Waals surface area (Å²) in [7, 11) is 0. The molecule has 0 aromatic heterocycles. The first-order chi connectivity index (χ1) is 15.8. The smallest absolute Gasteiger partial charge is 0.227 e. The molecule has 0 N–H and O–H groups in total. The summed E-state index contributed by atoms with van der Waals surface area (Å²) in [4.78, 5) is 42.3. The molecule has 2 aromatic rings. The van der Waals surface area contributed by atoms with E-state index >= 15 is 0 Å². The number of rotatable bonds is 3. The van der Waals surface area contributed by atoms with Crippen LogP contribution in [-0.2, 0) is 16.1 Å². The SMILES string of the molecule is Cc1cc(C)c2c(c1)OC1(CCN(C(=O)C3CC(=O)N(Cc4ccccc4)C3)CC1)CC2=O. The van der Waals surface area contributed by atoms with Gasteiger partial charge in [-0.05, 0) is 36.6 Å². The van der Waals surface area contributed by atoms with Gasteiger partial charge in [-0.15, -0.1) is 0 Å². The first kappa shape index (κ1) is 21.7. The van der Waals surface area contributed by atoms with E-state index in [4.69, 9.17) is 4.74 Å². The van der Waals surface area contributed by atoms with Gasteiger partial charge < -0.3 is 14.5 Å². The Labute approximate surface area is 194 Å². The lowest BCUT2D eigenvalue weighted by molar-refractivity contribution is -0.139. The van der Waals surface area contributed by atoms with Crippen molar-refractivity contribution in [1.82, 2.24) is 9.80 Å². The zero-order valence-electron chi connectivity index (χ0n) is 19.3. The molecule has 2 saturated heterocycles. The Kier molecular flexibility index (Phi) is 5.47. The zero-order valence-corrected chi connectivity index (χ0v) is 19.3. The molecule has 0 bridgehead atoms. The van der Waals surface area contributed by atoms with Crippen molar-refractivity contribution in [2.75, 3.05) is 19.6 Å². The third-order valence-corrected chi connectivity index (χ3v) is 7.30. The van der Waals surface area contributed by atoms with Gasteiger partial charge in [0.15, 0.2) is 5.78 Å². The largest absolute Gasteiger partial charge is 0.486 e. The summed E-state index contributed by atoms with van der Waals surface area (Å²) in [5.41, 5.74) is 3.28. The third-order valence-electron chi connectivity index (χ3n) is 7.30. The minimum atomic E-state index is -0.536. The molecule has 5 rings (SSSR count). The standard InChI is InChI=1S/C27H30N2O4/c1-18-12-19(2)25-22(30)15-27(33-23(25)13-18)8-10-28(11-9-27)26(32)21-14-24(31)29(17-21)16-20-6-4-3-5-7-20/h3-7,12-13,21H,8-11,14-17H2,1-2H3. The Morgan fingerprint density at radius 3 is 2.55 bits per heavy atom. The van der Waals surface area contributed by atoms with Crippen molar-refractivity contribution in [3.8, 4) is 5.75 Å². The molecule has 6 nitrogen and oxygen atoms in total. The highest BCUT2D eigenvalue weighted by Gasteiger charge is 2.45. The Bertz CT molecular complexity index is 1100. The number of piperidine rings is 1. The molecule has 172 valence electrons. The van der Waals surface area contributed by atoms with Crippen LogP contribution in [0, 0.1) is 19.8 Å². The van der Waals surface area contributed by atoms with E-state index in [2.05, 4.69) is 0 Å². The Morgan fingerprint density at radius 2 is 1.82 bits per heavy atom. The number of Topliss-reactive ketones (excluding diaryl/α,β-unsaturated/α-hetero) is 1. The van der Waals surface area contributed by atoms with E-state index in [-0.39, 0.29) is 29.9 Å². The number of fused-ring (bicyclic) bond motifs is 1. The second-order valence-electron chi connectivity index (χ2n) is 9.83. The maximum absolute atomic E-state index is 13.2. The monoisotopic (exact) mass is 446 g/mol. The normalized spacial score (nSPS) is 21.8. The zero-order chi connectivity index (χ0) is 23.2. The van der Waals surface area contributed by atoms with E-state index in [9.17, 15) is 14.4 Å². The highest BCUT2D eigenvalue weighted by atomic mass is 16.5. The minimum Gasteiger partial charge on any atom is -0.486 e. The van der Waals surface area contributed by atoms with Crippen molar-refractivity contribution in [1.29, 1.82) is 0 Å². The van der Waals surface area contributed by atoms with Crippen LogP contribution >= 0.6 is 0 Å². The number of carbonyl (C=O) groups is 3. The number of ketones is 1. The Morgan fingerprint density at radius 1 is 1.09 bits per heavy atom. The number of likely N-dealkylation sites (tertiary alicyclic amines) is 2. The molecule has 0 aliphatic carbocycles. The lowest BCUT2D eigenvalue weighted by Crippen LogP contribution is -2.53. The van der Waals surface area contributed by atoms with Crippen molar-refractivity contribution in [3.05, 3.63) is 64.7 Å². The summed E-state index contributed by atoms with van der Waals surface area (Å²) >= 11 is 0. The van der Waals surface area contributed by atoms with Crippen LogP contribution in [0.2, 0.25) is 0 Å². The van der Waals surface area contributed by atoms with Crippen molar-refractivity contribution < 1.29 is 19.1 Å². The van der Waals surface area contributed by atoms with Crippen molar-refractivity contribution in [2.45, 2.75) is 51.7 Å². The summed E-state index contributed by atoms with van der Waals surface area (Å²) in [6, 6.07) is 13.8. The van der Waals surface area contributed by atoms with Gasteiger partial charge in [-0.1, -0.05) is 36.4 Å².